The molecule has 24 heavy (non-hydrogen) atoms. The van der Waals surface area contributed by atoms with Crippen LogP contribution in [0, 0.1) is 13.8 Å². The maximum absolute atomic E-state index is 11.5. The summed E-state index contributed by atoms with van der Waals surface area (Å²) in [7, 11) is 1.63. The molecule has 1 saturated heterocycles. The molecule has 0 saturated carbocycles. The number of rotatable bonds is 5. The Bertz CT molecular complexity index is 792. The monoisotopic (exact) mass is 327 g/mol. The van der Waals surface area contributed by atoms with E-state index < -0.39 is 0 Å². The molecule has 2 aromatic rings. The molecule has 1 fully saturated rings. The van der Waals surface area contributed by atoms with Gasteiger partial charge in [-0.2, -0.15) is 0 Å². The largest absolute Gasteiger partial charge is 0.493 e. The highest BCUT2D eigenvalue weighted by Crippen LogP contribution is 2.30. The van der Waals surface area contributed by atoms with Crippen LogP contribution in [0.2, 0.25) is 0 Å². The Morgan fingerprint density at radius 1 is 1.12 bits per heavy atom. The molecule has 1 aliphatic rings. The Hall–Kier alpha value is -2.53. The molecule has 2 heterocycles. The van der Waals surface area contributed by atoms with Crippen LogP contribution < -0.4 is 14.9 Å². The molecule has 3 rings (SSSR count). The first-order valence-electron chi connectivity index (χ1n) is 7.87. The van der Waals surface area contributed by atoms with Crippen molar-refractivity contribution in [3.63, 3.8) is 0 Å². The number of nitrogens with zero attached hydrogens (tertiary/aromatic N) is 1. The van der Waals surface area contributed by atoms with E-state index in [9.17, 15) is 4.79 Å². The van der Waals surface area contributed by atoms with Gasteiger partial charge >= 0.3 is 0 Å². The lowest BCUT2D eigenvalue weighted by Crippen LogP contribution is -2.38. The van der Waals surface area contributed by atoms with E-state index in [1.165, 1.54) is 0 Å². The maximum atomic E-state index is 11.5. The molecule has 0 atom stereocenters. The second-order valence-corrected chi connectivity index (χ2v) is 5.85. The number of hydrogen-bond donors (Lipinski definition) is 0. The Morgan fingerprint density at radius 3 is 2.42 bits per heavy atom. The van der Waals surface area contributed by atoms with E-state index in [0.717, 1.165) is 17.0 Å². The topological polar surface area (TPSA) is 49.7 Å². The highest BCUT2D eigenvalue weighted by Gasteiger charge is 2.21. The zero-order valence-electron chi connectivity index (χ0n) is 14.1. The zero-order chi connectivity index (χ0) is 17.1. The summed E-state index contributed by atoms with van der Waals surface area (Å²) >= 11 is 0. The second-order valence-electron chi connectivity index (χ2n) is 5.85. The molecule has 5 nitrogen and oxygen atoms in total. The number of aryl methyl sites for hydroxylation is 2. The van der Waals surface area contributed by atoms with Crippen molar-refractivity contribution in [2.45, 2.75) is 20.0 Å². The van der Waals surface area contributed by atoms with E-state index in [0.29, 0.717) is 24.7 Å². The molecule has 0 amide bonds. The summed E-state index contributed by atoms with van der Waals surface area (Å²) in [6.07, 6.45) is 4.01. The third-order valence-corrected chi connectivity index (χ3v) is 3.97. The van der Waals surface area contributed by atoms with Crippen molar-refractivity contribution in [1.29, 1.82) is 0 Å². The number of methoxy groups -OCH3 is 1. The lowest BCUT2D eigenvalue weighted by atomic mass is 10.2. The molecule has 0 N–H and O–H groups in total. The molecule has 1 aromatic carbocycles. The Kier molecular flexibility index (Phi) is 4.71. The quantitative estimate of drug-likeness (QED) is 0.847. The average Bonchev–Trinajstić information content (AvgIpc) is 2.50. The SMILES string of the molecule is COc1ccc(/C=C/n2c(C)cc(=O)cc2C)cc1OC1COC1. The predicted molar refractivity (Wildman–Crippen MR) is 93.6 cm³/mol. The van der Waals surface area contributed by atoms with Crippen molar-refractivity contribution >= 4 is 12.3 Å². The predicted octanol–water partition coefficient (Wildman–Crippen LogP) is 2.88. The smallest absolute Gasteiger partial charge is 0.182 e. The Labute approximate surface area is 141 Å². The van der Waals surface area contributed by atoms with Crippen LogP contribution in [0.5, 0.6) is 11.5 Å². The van der Waals surface area contributed by atoms with Crippen molar-refractivity contribution in [3.05, 3.63) is 57.5 Å². The fourth-order valence-corrected chi connectivity index (χ4v) is 2.62. The Balaban J connectivity index is 1.87. The van der Waals surface area contributed by atoms with Crippen molar-refractivity contribution in [3.8, 4) is 11.5 Å². The van der Waals surface area contributed by atoms with Gasteiger partial charge in [0.05, 0.1) is 20.3 Å². The van der Waals surface area contributed by atoms with E-state index in [-0.39, 0.29) is 11.5 Å². The summed E-state index contributed by atoms with van der Waals surface area (Å²) < 4.78 is 18.4. The van der Waals surface area contributed by atoms with Gasteiger partial charge < -0.3 is 18.8 Å². The molecule has 0 unspecified atom stereocenters. The van der Waals surface area contributed by atoms with Gasteiger partial charge in [-0.15, -0.1) is 0 Å². The van der Waals surface area contributed by atoms with Gasteiger partial charge in [-0.3, -0.25) is 4.79 Å². The third kappa shape index (κ3) is 3.51. The normalized spacial score (nSPS) is 14.6. The van der Waals surface area contributed by atoms with Crippen LogP contribution in [-0.4, -0.2) is 31.0 Å². The van der Waals surface area contributed by atoms with Crippen molar-refractivity contribution < 1.29 is 14.2 Å². The molecule has 0 bridgehead atoms. The van der Waals surface area contributed by atoms with Gasteiger partial charge in [0.15, 0.2) is 16.9 Å². The summed E-state index contributed by atoms with van der Waals surface area (Å²) in [5, 5.41) is 0. The number of ether oxygens (including phenoxy) is 3. The molecule has 5 heteroatoms. The van der Waals surface area contributed by atoms with Gasteiger partial charge in [-0.1, -0.05) is 6.07 Å². The van der Waals surface area contributed by atoms with Gasteiger partial charge in [0.2, 0.25) is 0 Å². The minimum absolute atomic E-state index is 0.0255. The van der Waals surface area contributed by atoms with Crippen LogP contribution in [0.4, 0.5) is 0 Å². The van der Waals surface area contributed by atoms with Crippen LogP contribution in [0.25, 0.3) is 12.3 Å². The molecular weight excluding hydrogens is 306 g/mol. The Morgan fingerprint density at radius 2 is 1.83 bits per heavy atom. The number of benzene rings is 1. The van der Waals surface area contributed by atoms with Crippen LogP contribution >= 0.6 is 0 Å². The van der Waals surface area contributed by atoms with Gasteiger partial charge in [-0.25, -0.2) is 0 Å². The number of aromatic nitrogens is 1. The molecule has 0 radical (unpaired) electrons. The third-order valence-electron chi connectivity index (χ3n) is 3.97. The summed E-state index contributed by atoms with van der Waals surface area (Å²) in [6.45, 7) is 5.05. The highest BCUT2D eigenvalue weighted by atomic mass is 16.6. The minimum Gasteiger partial charge on any atom is -0.493 e. The van der Waals surface area contributed by atoms with E-state index in [1.807, 2.05) is 48.9 Å². The standard InChI is InChI=1S/C19H21NO4/c1-13-8-16(21)9-14(2)20(13)7-6-15-4-5-18(22-3)19(10-15)24-17-11-23-12-17/h4-10,17H,11-12H2,1-3H3/b7-6+. The summed E-state index contributed by atoms with van der Waals surface area (Å²) in [6, 6.07) is 9.04. The lowest BCUT2D eigenvalue weighted by molar-refractivity contribution is -0.0803. The zero-order valence-corrected chi connectivity index (χ0v) is 14.1. The summed E-state index contributed by atoms with van der Waals surface area (Å²) in [5.41, 5.74) is 2.81. The van der Waals surface area contributed by atoms with E-state index in [2.05, 4.69) is 0 Å². The highest BCUT2D eigenvalue weighted by molar-refractivity contribution is 5.64. The lowest BCUT2D eigenvalue weighted by Gasteiger charge is -2.27. The van der Waals surface area contributed by atoms with Gasteiger partial charge in [0.25, 0.3) is 0 Å². The van der Waals surface area contributed by atoms with Crippen molar-refractivity contribution in [2.75, 3.05) is 20.3 Å². The van der Waals surface area contributed by atoms with Crippen LogP contribution in [0.15, 0.2) is 35.1 Å². The molecule has 126 valence electrons. The van der Waals surface area contributed by atoms with E-state index in [1.54, 1.807) is 19.2 Å². The van der Waals surface area contributed by atoms with Crippen LogP contribution in [-0.2, 0) is 4.74 Å². The van der Waals surface area contributed by atoms with Gasteiger partial charge in [0, 0.05) is 29.7 Å². The van der Waals surface area contributed by atoms with Gasteiger partial charge in [-0.05, 0) is 37.6 Å². The number of pyridine rings is 1. The molecule has 1 aromatic heterocycles. The molecule has 1 aliphatic heterocycles. The summed E-state index contributed by atoms with van der Waals surface area (Å²) in [5.74, 6) is 1.41. The fraction of sp³-hybridized carbons (Fsp3) is 0.316. The second kappa shape index (κ2) is 6.93. The van der Waals surface area contributed by atoms with E-state index >= 15 is 0 Å². The van der Waals surface area contributed by atoms with Crippen molar-refractivity contribution in [2.24, 2.45) is 0 Å². The number of hydrogen-bond acceptors (Lipinski definition) is 4. The first kappa shape index (κ1) is 16.3. The summed E-state index contributed by atoms with van der Waals surface area (Å²) in [4.78, 5) is 11.5. The minimum atomic E-state index is 0.0255. The van der Waals surface area contributed by atoms with Crippen LogP contribution in [0.3, 0.4) is 0 Å². The van der Waals surface area contributed by atoms with E-state index in [4.69, 9.17) is 14.2 Å². The van der Waals surface area contributed by atoms with Gasteiger partial charge in [0.1, 0.15) is 6.10 Å². The first-order valence-corrected chi connectivity index (χ1v) is 7.87. The average molecular weight is 327 g/mol. The van der Waals surface area contributed by atoms with Crippen molar-refractivity contribution in [1.82, 2.24) is 4.57 Å². The maximum Gasteiger partial charge on any atom is 0.182 e. The molecular formula is C19H21NO4. The first-order chi connectivity index (χ1) is 11.6. The fourth-order valence-electron chi connectivity index (χ4n) is 2.62. The van der Waals surface area contributed by atoms with Crippen LogP contribution in [0.1, 0.15) is 17.0 Å². The molecule has 0 aliphatic carbocycles. The molecule has 0 spiro atoms.